The maximum Gasteiger partial charge on any atom is 0.153 e. The van der Waals surface area contributed by atoms with Gasteiger partial charge in [0.15, 0.2) is 5.82 Å². The summed E-state index contributed by atoms with van der Waals surface area (Å²) in [6.07, 6.45) is 3.82. The summed E-state index contributed by atoms with van der Waals surface area (Å²) in [6.45, 7) is 2.32. The Kier molecular flexibility index (Phi) is 3.35. The minimum absolute atomic E-state index is 0.559. The average Bonchev–Trinajstić information content (AvgIpc) is 2.97. The molecule has 0 spiro atoms. The van der Waals surface area contributed by atoms with Crippen LogP contribution in [0.25, 0.3) is 11.1 Å². The van der Waals surface area contributed by atoms with E-state index in [1.807, 2.05) is 12.1 Å². The number of benzene rings is 1. The number of nitrogens with one attached hydrogen (secondary N) is 1. The Balaban J connectivity index is 2.05. The van der Waals surface area contributed by atoms with E-state index in [0.717, 1.165) is 15.6 Å². The number of aromatic amines is 1. The number of aromatic nitrogens is 2. The molecule has 100 valence electrons. The quantitative estimate of drug-likeness (QED) is 0.865. The highest BCUT2D eigenvalue weighted by Crippen LogP contribution is 2.43. The lowest BCUT2D eigenvalue weighted by molar-refractivity contribution is 0.522. The fourth-order valence-electron chi connectivity index (χ4n) is 3.13. The normalized spacial score (nSPS) is 22.8. The van der Waals surface area contributed by atoms with E-state index in [1.54, 1.807) is 0 Å². The standard InChI is InChI=1S/C15H18BrN3/c1-9-3-2-4-12(9)14-13(15(17)19-18-14)10-5-7-11(16)8-6-10/h5-9,12H,2-4H2,1H3,(H3,17,18,19). The van der Waals surface area contributed by atoms with E-state index in [-0.39, 0.29) is 0 Å². The van der Waals surface area contributed by atoms with E-state index in [1.165, 1.54) is 25.0 Å². The van der Waals surface area contributed by atoms with Crippen molar-refractivity contribution in [1.82, 2.24) is 10.2 Å². The number of rotatable bonds is 2. The first kappa shape index (κ1) is 12.7. The van der Waals surface area contributed by atoms with Crippen molar-refractivity contribution >= 4 is 21.7 Å². The second-order valence-electron chi connectivity index (χ2n) is 5.42. The van der Waals surface area contributed by atoms with Gasteiger partial charge in [0.1, 0.15) is 0 Å². The molecule has 1 aliphatic rings. The molecule has 0 saturated heterocycles. The molecule has 1 heterocycles. The maximum atomic E-state index is 6.07. The van der Waals surface area contributed by atoms with Crippen LogP contribution in [0.1, 0.15) is 37.8 Å². The summed E-state index contributed by atoms with van der Waals surface area (Å²) in [7, 11) is 0. The number of nitrogens with zero attached hydrogens (tertiary/aromatic N) is 1. The van der Waals surface area contributed by atoms with Gasteiger partial charge in [0.2, 0.25) is 0 Å². The molecule has 1 aliphatic carbocycles. The number of hydrogen-bond donors (Lipinski definition) is 2. The molecule has 1 fully saturated rings. The molecule has 19 heavy (non-hydrogen) atoms. The van der Waals surface area contributed by atoms with Gasteiger partial charge in [0.25, 0.3) is 0 Å². The minimum Gasteiger partial charge on any atom is -0.382 e. The van der Waals surface area contributed by atoms with Gasteiger partial charge in [-0.2, -0.15) is 5.10 Å². The number of H-pyrrole nitrogens is 1. The fraction of sp³-hybridized carbons (Fsp3) is 0.400. The molecule has 1 aromatic carbocycles. The molecule has 0 bridgehead atoms. The van der Waals surface area contributed by atoms with Crippen LogP contribution in [-0.2, 0) is 0 Å². The highest BCUT2D eigenvalue weighted by Gasteiger charge is 2.29. The molecule has 1 saturated carbocycles. The van der Waals surface area contributed by atoms with Gasteiger partial charge < -0.3 is 5.73 Å². The van der Waals surface area contributed by atoms with Crippen molar-refractivity contribution in [3.63, 3.8) is 0 Å². The lowest BCUT2D eigenvalue weighted by Crippen LogP contribution is -2.04. The first-order valence-corrected chi connectivity index (χ1v) is 7.56. The van der Waals surface area contributed by atoms with Crippen LogP contribution in [0.4, 0.5) is 5.82 Å². The van der Waals surface area contributed by atoms with Gasteiger partial charge in [0, 0.05) is 21.6 Å². The summed E-state index contributed by atoms with van der Waals surface area (Å²) in [5.74, 6) is 1.87. The number of nitrogen functional groups attached to an aromatic ring is 1. The van der Waals surface area contributed by atoms with Gasteiger partial charge in [0.05, 0.1) is 0 Å². The summed E-state index contributed by atoms with van der Waals surface area (Å²) in [5.41, 5.74) is 9.51. The predicted molar refractivity (Wildman–Crippen MR) is 81.9 cm³/mol. The van der Waals surface area contributed by atoms with Crippen LogP contribution in [-0.4, -0.2) is 10.2 Å². The van der Waals surface area contributed by atoms with E-state index >= 15 is 0 Å². The van der Waals surface area contributed by atoms with Crippen LogP contribution in [0.2, 0.25) is 0 Å². The van der Waals surface area contributed by atoms with E-state index in [2.05, 4.69) is 45.2 Å². The van der Waals surface area contributed by atoms with Crippen molar-refractivity contribution in [2.75, 3.05) is 5.73 Å². The van der Waals surface area contributed by atoms with Gasteiger partial charge >= 0.3 is 0 Å². The Morgan fingerprint density at radius 2 is 2.00 bits per heavy atom. The zero-order valence-electron chi connectivity index (χ0n) is 11.0. The molecule has 3 nitrogen and oxygen atoms in total. The van der Waals surface area contributed by atoms with E-state index in [0.29, 0.717) is 17.7 Å². The second kappa shape index (κ2) is 5.00. The minimum atomic E-state index is 0.559. The average molecular weight is 320 g/mol. The Labute approximate surface area is 121 Å². The van der Waals surface area contributed by atoms with Crippen LogP contribution in [0, 0.1) is 5.92 Å². The van der Waals surface area contributed by atoms with Crippen molar-refractivity contribution in [3.8, 4) is 11.1 Å². The first-order valence-electron chi connectivity index (χ1n) is 6.76. The van der Waals surface area contributed by atoms with Gasteiger partial charge in [-0.05, 0) is 30.0 Å². The third-order valence-electron chi connectivity index (χ3n) is 4.19. The molecule has 2 aromatic rings. The summed E-state index contributed by atoms with van der Waals surface area (Å²) in [5, 5.41) is 7.41. The van der Waals surface area contributed by atoms with Gasteiger partial charge in [-0.3, -0.25) is 5.10 Å². The largest absolute Gasteiger partial charge is 0.382 e. The van der Waals surface area contributed by atoms with E-state index in [4.69, 9.17) is 5.73 Å². The molecule has 2 atom stereocenters. The number of hydrogen-bond acceptors (Lipinski definition) is 2. The molecule has 1 aromatic heterocycles. The fourth-order valence-corrected chi connectivity index (χ4v) is 3.40. The van der Waals surface area contributed by atoms with Crippen molar-refractivity contribution in [1.29, 1.82) is 0 Å². The molecule has 0 aliphatic heterocycles. The van der Waals surface area contributed by atoms with E-state index in [9.17, 15) is 0 Å². The summed E-state index contributed by atoms with van der Waals surface area (Å²) < 4.78 is 1.08. The third kappa shape index (κ3) is 2.29. The predicted octanol–water partition coefficient (Wildman–Crippen LogP) is 4.33. The van der Waals surface area contributed by atoms with Gasteiger partial charge in [-0.15, -0.1) is 0 Å². The summed E-state index contributed by atoms with van der Waals surface area (Å²) in [6, 6.07) is 8.27. The SMILES string of the molecule is CC1CCCC1c1[nH]nc(N)c1-c1ccc(Br)cc1. The maximum absolute atomic E-state index is 6.07. The molecule has 2 unspecified atom stereocenters. The van der Waals surface area contributed by atoms with Gasteiger partial charge in [-0.25, -0.2) is 0 Å². The van der Waals surface area contributed by atoms with E-state index < -0.39 is 0 Å². The zero-order valence-corrected chi connectivity index (χ0v) is 12.6. The Morgan fingerprint density at radius 3 is 2.63 bits per heavy atom. The highest BCUT2D eigenvalue weighted by molar-refractivity contribution is 9.10. The molecular formula is C15H18BrN3. The Morgan fingerprint density at radius 1 is 1.26 bits per heavy atom. The van der Waals surface area contributed by atoms with Crippen LogP contribution in [0.3, 0.4) is 0 Å². The third-order valence-corrected chi connectivity index (χ3v) is 4.72. The molecule has 0 amide bonds. The first-order chi connectivity index (χ1) is 9.16. The summed E-state index contributed by atoms with van der Waals surface area (Å²) >= 11 is 3.47. The monoisotopic (exact) mass is 319 g/mol. The smallest absolute Gasteiger partial charge is 0.153 e. The van der Waals surface area contributed by atoms with Crippen molar-refractivity contribution < 1.29 is 0 Å². The summed E-state index contributed by atoms with van der Waals surface area (Å²) in [4.78, 5) is 0. The molecule has 3 N–H and O–H groups in total. The Bertz CT molecular complexity index is 574. The highest BCUT2D eigenvalue weighted by atomic mass is 79.9. The topological polar surface area (TPSA) is 54.7 Å². The number of anilines is 1. The lowest BCUT2D eigenvalue weighted by Gasteiger charge is -2.15. The van der Waals surface area contributed by atoms with Crippen LogP contribution < -0.4 is 5.73 Å². The molecular weight excluding hydrogens is 302 g/mol. The Hall–Kier alpha value is -1.29. The zero-order chi connectivity index (χ0) is 13.4. The van der Waals surface area contributed by atoms with Crippen molar-refractivity contribution in [3.05, 3.63) is 34.4 Å². The van der Waals surface area contributed by atoms with Crippen LogP contribution in [0.5, 0.6) is 0 Å². The second-order valence-corrected chi connectivity index (χ2v) is 6.33. The lowest BCUT2D eigenvalue weighted by atomic mass is 9.90. The van der Waals surface area contributed by atoms with Crippen molar-refractivity contribution in [2.24, 2.45) is 5.92 Å². The van der Waals surface area contributed by atoms with Crippen molar-refractivity contribution in [2.45, 2.75) is 32.1 Å². The number of halogens is 1. The molecule has 3 rings (SSSR count). The molecule has 0 radical (unpaired) electrons. The molecule has 4 heteroatoms. The van der Waals surface area contributed by atoms with Crippen LogP contribution >= 0.6 is 15.9 Å². The number of nitrogens with two attached hydrogens (primary N) is 1. The van der Waals surface area contributed by atoms with Gasteiger partial charge in [-0.1, -0.05) is 47.8 Å². The van der Waals surface area contributed by atoms with Crippen LogP contribution in [0.15, 0.2) is 28.7 Å².